The molecule has 22 heavy (non-hydrogen) atoms. The number of hydrogen-bond donors (Lipinski definition) is 0. The van der Waals surface area contributed by atoms with Crippen molar-refractivity contribution >= 4 is 5.69 Å². The van der Waals surface area contributed by atoms with Crippen LogP contribution >= 0.6 is 0 Å². The molecule has 2 heteroatoms. The first-order valence-corrected chi connectivity index (χ1v) is 8.68. The molecule has 1 atom stereocenters. The quantitative estimate of drug-likeness (QED) is 0.756. The third-order valence-electron chi connectivity index (χ3n) is 4.96. The van der Waals surface area contributed by atoms with E-state index >= 15 is 0 Å². The Morgan fingerprint density at radius 2 is 1.59 bits per heavy atom. The average Bonchev–Trinajstić information content (AvgIpc) is 2.43. The highest BCUT2D eigenvalue weighted by Gasteiger charge is 2.29. The van der Waals surface area contributed by atoms with Gasteiger partial charge in [-0.3, -0.25) is 0 Å². The normalized spacial score (nSPS) is 18.9. The maximum absolute atomic E-state index is 2.58. The van der Waals surface area contributed by atoms with E-state index in [-0.39, 0.29) is 0 Å². The third kappa shape index (κ3) is 3.16. The van der Waals surface area contributed by atoms with E-state index in [1.807, 2.05) is 0 Å². The molecule has 0 amide bonds. The second-order valence-electron chi connectivity index (χ2n) is 6.90. The van der Waals surface area contributed by atoms with Gasteiger partial charge in [-0.05, 0) is 64.2 Å². The minimum atomic E-state index is 0.411. The molecule has 1 heterocycles. The highest BCUT2D eigenvalue weighted by molar-refractivity contribution is 5.62. The van der Waals surface area contributed by atoms with Crippen molar-refractivity contribution in [2.24, 2.45) is 0 Å². The second-order valence-corrected chi connectivity index (χ2v) is 6.90. The molecular weight excluding hydrogens is 268 g/mol. The van der Waals surface area contributed by atoms with Gasteiger partial charge in [-0.1, -0.05) is 31.5 Å². The van der Waals surface area contributed by atoms with Crippen LogP contribution in [0, 0.1) is 20.8 Å². The minimum Gasteiger partial charge on any atom is -0.355 e. The van der Waals surface area contributed by atoms with Crippen molar-refractivity contribution in [3.63, 3.8) is 0 Å². The number of hydrogen-bond acceptors (Lipinski definition) is 2. The van der Waals surface area contributed by atoms with Crippen molar-refractivity contribution in [1.29, 1.82) is 0 Å². The van der Waals surface area contributed by atoms with Gasteiger partial charge in [-0.15, -0.1) is 0 Å². The van der Waals surface area contributed by atoms with Gasteiger partial charge in [0.05, 0.1) is 6.17 Å². The lowest BCUT2D eigenvalue weighted by Crippen LogP contribution is -2.52. The van der Waals surface area contributed by atoms with E-state index in [0.717, 1.165) is 6.54 Å². The molecule has 1 unspecified atom stereocenters. The molecule has 0 aromatic heterocycles. The van der Waals surface area contributed by atoms with Crippen molar-refractivity contribution in [2.75, 3.05) is 11.4 Å². The summed E-state index contributed by atoms with van der Waals surface area (Å²) in [6.07, 6.45) is 5.19. The van der Waals surface area contributed by atoms with Crippen LogP contribution in [0.5, 0.6) is 0 Å². The first kappa shape index (κ1) is 16.9. The van der Waals surface area contributed by atoms with Crippen LogP contribution in [-0.2, 0) is 0 Å². The summed E-state index contributed by atoms with van der Waals surface area (Å²) >= 11 is 0. The van der Waals surface area contributed by atoms with Crippen LogP contribution in [0.15, 0.2) is 23.9 Å². The fourth-order valence-corrected chi connectivity index (χ4v) is 3.98. The number of rotatable bonds is 4. The van der Waals surface area contributed by atoms with E-state index in [1.165, 1.54) is 40.8 Å². The molecule has 1 aliphatic rings. The van der Waals surface area contributed by atoms with Crippen LogP contribution in [0.25, 0.3) is 0 Å². The molecule has 0 fully saturated rings. The zero-order valence-corrected chi connectivity index (χ0v) is 15.4. The first-order valence-electron chi connectivity index (χ1n) is 8.68. The van der Waals surface area contributed by atoms with E-state index in [2.05, 4.69) is 76.6 Å². The highest BCUT2D eigenvalue weighted by Crippen LogP contribution is 2.33. The molecule has 0 N–H and O–H groups in total. The Balaban J connectivity index is 2.43. The maximum Gasteiger partial charge on any atom is 0.0987 e. The van der Waals surface area contributed by atoms with E-state index in [0.29, 0.717) is 12.2 Å². The predicted molar refractivity (Wildman–Crippen MR) is 97.4 cm³/mol. The van der Waals surface area contributed by atoms with Crippen LogP contribution in [0.1, 0.15) is 57.2 Å². The zero-order chi connectivity index (χ0) is 16.4. The van der Waals surface area contributed by atoms with E-state index < -0.39 is 0 Å². The lowest BCUT2D eigenvalue weighted by molar-refractivity contribution is 0.188. The average molecular weight is 300 g/mol. The van der Waals surface area contributed by atoms with Gasteiger partial charge in [0.1, 0.15) is 0 Å². The van der Waals surface area contributed by atoms with Crippen LogP contribution in [0.4, 0.5) is 5.69 Å². The number of anilines is 1. The molecule has 0 saturated heterocycles. The smallest absolute Gasteiger partial charge is 0.0987 e. The van der Waals surface area contributed by atoms with Gasteiger partial charge < -0.3 is 9.80 Å². The Labute approximate surface area is 136 Å². The molecule has 0 radical (unpaired) electrons. The molecule has 2 rings (SSSR count). The Morgan fingerprint density at radius 1 is 1.05 bits per heavy atom. The van der Waals surface area contributed by atoms with Crippen molar-refractivity contribution in [2.45, 2.75) is 73.5 Å². The fourth-order valence-electron chi connectivity index (χ4n) is 3.98. The van der Waals surface area contributed by atoms with Gasteiger partial charge in [0.25, 0.3) is 0 Å². The summed E-state index contributed by atoms with van der Waals surface area (Å²) in [6, 6.07) is 5.24. The van der Waals surface area contributed by atoms with Crippen LogP contribution in [0.3, 0.4) is 0 Å². The number of aryl methyl sites for hydroxylation is 3. The second kappa shape index (κ2) is 6.76. The van der Waals surface area contributed by atoms with Crippen LogP contribution < -0.4 is 4.90 Å². The molecule has 0 bridgehead atoms. The molecular formula is C20H32N2. The van der Waals surface area contributed by atoms with Crippen molar-refractivity contribution < 1.29 is 0 Å². The largest absolute Gasteiger partial charge is 0.355 e. The van der Waals surface area contributed by atoms with Gasteiger partial charge >= 0.3 is 0 Å². The van der Waals surface area contributed by atoms with Gasteiger partial charge in [0.15, 0.2) is 0 Å². The highest BCUT2D eigenvalue weighted by atomic mass is 15.4. The van der Waals surface area contributed by atoms with E-state index in [4.69, 9.17) is 0 Å². The molecule has 0 aliphatic carbocycles. The van der Waals surface area contributed by atoms with E-state index in [9.17, 15) is 0 Å². The predicted octanol–water partition coefficient (Wildman–Crippen LogP) is 5.17. The van der Waals surface area contributed by atoms with E-state index in [1.54, 1.807) is 0 Å². The molecule has 1 aromatic rings. The van der Waals surface area contributed by atoms with Crippen LogP contribution in [0.2, 0.25) is 0 Å². The van der Waals surface area contributed by atoms with Gasteiger partial charge in [0.2, 0.25) is 0 Å². The number of nitrogens with zero attached hydrogens (tertiary/aromatic N) is 2. The van der Waals surface area contributed by atoms with Gasteiger partial charge in [-0.25, -0.2) is 0 Å². The SMILES string of the molecule is CCC(CC)N1C=C(C)CN(c2c(C)cc(C)cc2C)C1C. The Morgan fingerprint density at radius 3 is 2.09 bits per heavy atom. The third-order valence-corrected chi connectivity index (χ3v) is 4.96. The lowest BCUT2D eigenvalue weighted by atomic mass is 10.0. The Bertz CT molecular complexity index is 532. The summed E-state index contributed by atoms with van der Waals surface area (Å²) in [7, 11) is 0. The summed E-state index contributed by atoms with van der Waals surface area (Å²) in [4.78, 5) is 5.15. The molecule has 1 aliphatic heterocycles. The topological polar surface area (TPSA) is 6.48 Å². The minimum absolute atomic E-state index is 0.411. The lowest BCUT2D eigenvalue weighted by Gasteiger charge is -2.47. The van der Waals surface area contributed by atoms with Crippen molar-refractivity contribution in [3.05, 3.63) is 40.6 Å². The molecule has 122 valence electrons. The molecule has 2 nitrogen and oxygen atoms in total. The van der Waals surface area contributed by atoms with Crippen LogP contribution in [-0.4, -0.2) is 23.7 Å². The standard InChI is InChI=1S/C20H32N2/c1-8-19(9-2)21-12-15(4)13-22(18(21)7)20-16(5)10-14(3)11-17(20)6/h10-12,18-19H,8-9,13H2,1-7H3. The molecule has 1 aromatic carbocycles. The van der Waals surface area contributed by atoms with Crippen molar-refractivity contribution in [3.8, 4) is 0 Å². The zero-order valence-electron chi connectivity index (χ0n) is 15.4. The summed E-state index contributed by atoms with van der Waals surface area (Å²) in [5, 5.41) is 0. The Hall–Kier alpha value is -1.44. The molecule has 0 spiro atoms. The fraction of sp³-hybridized carbons (Fsp3) is 0.600. The molecule has 0 saturated carbocycles. The Kier molecular flexibility index (Phi) is 5.20. The monoisotopic (exact) mass is 300 g/mol. The summed E-state index contributed by atoms with van der Waals surface area (Å²) < 4.78 is 0. The summed E-state index contributed by atoms with van der Waals surface area (Å²) in [5.74, 6) is 0. The van der Waals surface area contributed by atoms with Crippen molar-refractivity contribution in [1.82, 2.24) is 4.90 Å². The van der Waals surface area contributed by atoms with Gasteiger partial charge in [-0.2, -0.15) is 0 Å². The number of benzene rings is 1. The summed E-state index contributed by atoms with van der Waals surface area (Å²) in [5.41, 5.74) is 7.01. The van der Waals surface area contributed by atoms with Gasteiger partial charge in [0, 0.05) is 24.5 Å². The first-order chi connectivity index (χ1) is 10.4. The maximum atomic E-state index is 2.58. The summed E-state index contributed by atoms with van der Waals surface area (Å²) in [6.45, 7) is 16.9.